The van der Waals surface area contributed by atoms with Gasteiger partial charge in [-0.25, -0.2) is 9.11 Å². The molecule has 0 saturated carbocycles. The predicted molar refractivity (Wildman–Crippen MR) is 51.1 cm³/mol. The Morgan fingerprint density at radius 3 is 2.00 bits per heavy atom. The number of rotatable bonds is 1. The summed E-state index contributed by atoms with van der Waals surface area (Å²) < 4.78 is 10.2. The van der Waals surface area contributed by atoms with E-state index >= 15 is 0 Å². The maximum Gasteiger partial charge on any atom is 0.266 e. The van der Waals surface area contributed by atoms with Crippen LogP contribution in [0, 0.1) is 0 Å². The van der Waals surface area contributed by atoms with Crippen LogP contribution in [-0.4, -0.2) is 26.4 Å². The van der Waals surface area contributed by atoms with Crippen molar-refractivity contribution in [3.63, 3.8) is 0 Å². The number of hydrogen-bond donors (Lipinski definition) is 0. The van der Waals surface area contributed by atoms with Crippen molar-refractivity contribution in [1.82, 2.24) is 4.90 Å². The molecule has 0 unspecified atom stereocenters. The molecule has 1 heterocycles. The molecule has 0 N–H and O–H groups in total. The number of fused-ring (bicyclic) bond motifs is 1. The second-order valence-electron chi connectivity index (χ2n) is 2.73. The zero-order valence-corrected chi connectivity index (χ0v) is 7.78. The highest BCUT2D eigenvalue weighted by molar-refractivity contribution is 7.64. The van der Waals surface area contributed by atoms with Gasteiger partial charge in [0, 0.05) is 0 Å². The fourth-order valence-corrected chi connectivity index (χ4v) is 1.62. The van der Waals surface area contributed by atoms with E-state index in [1.807, 2.05) is 0 Å². The molecule has 0 bridgehead atoms. The standard InChI is InChI=1S/C9H5NO3S/c11-8-6-3-1-2-4-7(6)9(12)10(8)5-14-13/h1-5H. The average Bonchev–Trinajstić information content (AvgIpc) is 2.45. The summed E-state index contributed by atoms with van der Waals surface area (Å²) in [5, 5.41) is 0. The van der Waals surface area contributed by atoms with Crippen molar-refractivity contribution >= 4 is 28.6 Å². The second-order valence-corrected chi connectivity index (χ2v) is 3.13. The van der Waals surface area contributed by atoms with E-state index in [2.05, 4.69) is 0 Å². The fourth-order valence-electron chi connectivity index (χ4n) is 1.35. The average molecular weight is 207 g/mol. The smallest absolute Gasteiger partial charge is 0.266 e. The van der Waals surface area contributed by atoms with Gasteiger partial charge >= 0.3 is 0 Å². The van der Waals surface area contributed by atoms with Crippen LogP contribution in [-0.2, 0) is 11.3 Å². The number of imide groups is 1. The zero-order chi connectivity index (χ0) is 10.1. The summed E-state index contributed by atoms with van der Waals surface area (Å²) in [6.45, 7) is 0. The van der Waals surface area contributed by atoms with Crippen molar-refractivity contribution < 1.29 is 13.8 Å². The van der Waals surface area contributed by atoms with Gasteiger partial charge < -0.3 is 0 Å². The van der Waals surface area contributed by atoms with E-state index in [1.54, 1.807) is 24.3 Å². The third kappa shape index (κ3) is 1.10. The molecule has 0 radical (unpaired) electrons. The first kappa shape index (κ1) is 8.83. The van der Waals surface area contributed by atoms with E-state index in [9.17, 15) is 13.8 Å². The van der Waals surface area contributed by atoms with Gasteiger partial charge in [0.2, 0.25) is 0 Å². The number of carbonyl (C=O) groups is 2. The monoisotopic (exact) mass is 207 g/mol. The molecule has 4 nitrogen and oxygen atoms in total. The lowest BCUT2D eigenvalue weighted by Crippen LogP contribution is -2.27. The van der Waals surface area contributed by atoms with E-state index in [0.29, 0.717) is 11.1 Å². The summed E-state index contributed by atoms with van der Waals surface area (Å²) in [6.07, 6.45) is 0. The molecule has 0 aromatic heterocycles. The molecule has 0 spiro atoms. The predicted octanol–water partition coefficient (Wildman–Crippen LogP) is 0.255. The lowest BCUT2D eigenvalue weighted by molar-refractivity contribution is 0.0756. The van der Waals surface area contributed by atoms with Gasteiger partial charge in [0.1, 0.15) is 16.7 Å². The molecule has 2 rings (SSSR count). The first-order valence-corrected chi connectivity index (χ1v) is 4.65. The van der Waals surface area contributed by atoms with E-state index in [-0.39, 0.29) is 11.3 Å². The highest BCUT2D eigenvalue weighted by atomic mass is 32.1. The summed E-state index contributed by atoms with van der Waals surface area (Å²) >= 11 is 0.0863. The molecule has 0 saturated heterocycles. The molecule has 70 valence electrons. The minimum atomic E-state index is -0.436. The Bertz CT molecular complexity index is 442. The van der Waals surface area contributed by atoms with Gasteiger partial charge in [0.25, 0.3) is 11.8 Å². The topological polar surface area (TPSA) is 54.5 Å². The summed E-state index contributed by atoms with van der Waals surface area (Å²) in [5.74, 6) is -0.872. The van der Waals surface area contributed by atoms with Crippen molar-refractivity contribution in [2.75, 3.05) is 0 Å². The van der Waals surface area contributed by atoms with Gasteiger partial charge in [-0.15, -0.1) is 0 Å². The molecule has 0 fully saturated rings. The van der Waals surface area contributed by atoms with Crippen LogP contribution in [0.1, 0.15) is 20.7 Å². The number of benzene rings is 1. The van der Waals surface area contributed by atoms with E-state index in [4.69, 9.17) is 0 Å². The Morgan fingerprint density at radius 2 is 1.57 bits per heavy atom. The van der Waals surface area contributed by atoms with Crippen LogP contribution in [0.4, 0.5) is 0 Å². The van der Waals surface area contributed by atoms with Gasteiger partial charge in [-0.1, -0.05) is 12.1 Å². The minimum absolute atomic E-state index is 0.0863. The first-order valence-electron chi connectivity index (χ1n) is 3.84. The SMILES string of the molecule is O=S=CN1C(=O)c2ccccc2C1=O. The molecule has 5 heteroatoms. The zero-order valence-electron chi connectivity index (χ0n) is 6.97. The van der Waals surface area contributed by atoms with Crippen LogP contribution in [0.15, 0.2) is 24.3 Å². The largest absolute Gasteiger partial charge is 0.268 e. The molecule has 1 aliphatic rings. The summed E-state index contributed by atoms with van der Waals surface area (Å²) in [7, 11) is 0. The van der Waals surface area contributed by atoms with E-state index < -0.39 is 11.8 Å². The Kier molecular flexibility index (Phi) is 2.01. The lowest BCUT2D eigenvalue weighted by Gasteiger charge is -2.02. The Morgan fingerprint density at radius 1 is 1.07 bits per heavy atom. The third-order valence-corrected chi connectivity index (χ3v) is 2.27. The van der Waals surface area contributed by atoms with Crippen LogP contribution in [0.5, 0.6) is 0 Å². The Labute approximate surface area is 83.2 Å². The Hall–Kier alpha value is -1.75. The van der Waals surface area contributed by atoms with Crippen LogP contribution in [0.25, 0.3) is 0 Å². The number of carbonyl (C=O) groups excluding carboxylic acids is 2. The molecule has 1 aromatic carbocycles. The van der Waals surface area contributed by atoms with Gasteiger partial charge in [0.05, 0.1) is 11.1 Å². The molecular formula is C9H5NO3S. The molecule has 14 heavy (non-hydrogen) atoms. The fraction of sp³-hybridized carbons (Fsp3) is 0. The Balaban J connectivity index is 2.59. The van der Waals surface area contributed by atoms with Crippen molar-refractivity contribution in [3.8, 4) is 0 Å². The lowest BCUT2D eigenvalue weighted by atomic mass is 10.1. The second kappa shape index (κ2) is 3.19. The van der Waals surface area contributed by atoms with Crippen molar-refractivity contribution in [1.29, 1.82) is 0 Å². The molecule has 0 aliphatic carbocycles. The summed E-state index contributed by atoms with van der Waals surface area (Å²) in [4.78, 5) is 23.9. The minimum Gasteiger partial charge on any atom is -0.268 e. The third-order valence-electron chi connectivity index (χ3n) is 1.97. The van der Waals surface area contributed by atoms with E-state index in [1.165, 1.54) is 0 Å². The van der Waals surface area contributed by atoms with Crippen LogP contribution in [0.2, 0.25) is 0 Å². The molecule has 1 aliphatic heterocycles. The van der Waals surface area contributed by atoms with Crippen molar-refractivity contribution in [2.45, 2.75) is 0 Å². The van der Waals surface area contributed by atoms with Crippen molar-refractivity contribution in [3.05, 3.63) is 35.4 Å². The summed E-state index contributed by atoms with van der Waals surface area (Å²) in [6, 6.07) is 6.49. The maximum atomic E-state index is 11.5. The molecule has 0 atom stereocenters. The highest BCUT2D eigenvalue weighted by Crippen LogP contribution is 2.20. The normalized spacial score (nSPS) is 14.1. The molecule has 2 amide bonds. The van der Waals surface area contributed by atoms with Gasteiger partial charge in [0.15, 0.2) is 0 Å². The van der Waals surface area contributed by atoms with Crippen LogP contribution < -0.4 is 0 Å². The molecule has 1 aromatic rings. The van der Waals surface area contributed by atoms with Gasteiger partial charge in [-0.05, 0) is 12.1 Å². The number of amides is 2. The first-order chi connectivity index (χ1) is 6.75. The molecular weight excluding hydrogens is 202 g/mol. The highest BCUT2D eigenvalue weighted by Gasteiger charge is 2.33. The van der Waals surface area contributed by atoms with Gasteiger partial charge in [-0.3, -0.25) is 9.59 Å². The van der Waals surface area contributed by atoms with E-state index in [0.717, 1.165) is 10.4 Å². The van der Waals surface area contributed by atoms with Gasteiger partial charge in [-0.2, -0.15) is 0 Å². The van der Waals surface area contributed by atoms with Crippen molar-refractivity contribution in [2.24, 2.45) is 0 Å². The number of nitrogens with zero attached hydrogens (tertiary/aromatic N) is 1. The van der Waals surface area contributed by atoms with Crippen LogP contribution >= 0.6 is 0 Å². The quantitative estimate of drug-likeness (QED) is 0.490. The summed E-state index contributed by atoms with van der Waals surface area (Å²) in [5.41, 5.74) is 1.68. The maximum absolute atomic E-state index is 11.5. The van der Waals surface area contributed by atoms with Crippen LogP contribution in [0.3, 0.4) is 0 Å². The number of hydrogen-bond acceptors (Lipinski definition) is 3.